The van der Waals surface area contributed by atoms with Crippen molar-refractivity contribution in [2.24, 2.45) is 5.92 Å². The number of hydrogen-bond acceptors (Lipinski definition) is 6. The van der Waals surface area contributed by atoms with Crippen LogP contribution in [-0.2, 0) is 22.5 Å². The van der Waals surface area contributed by atoms with Crippen LogP contribution in [0.15, 0.2) is 30.5 Å². The summed E-state index contributed by atoms with van der Waals surface area (Å²) in [6.07, 6.45) is 2.69. The second kappa shape index (κ2) is 6.97. The number of methoxy groups -OCH3 is 1. The van der Waals surface area contributed by atoms with Crippen LogP contribution in [0.3, 0.4) is 0 Å². The monoisotopic (exact) mass is 327 g/mol. The van der Waals surface area contributed by atoms with Gasteiger partial charge in [-0.2, -0.15) is 0 Å². The van der Waals surface area contributed by atoms with Gasteiger partial charge < -0.3 is 9.84 Å². The standard InChI is InChI=1S/C18H21N3O3/c1-12(18(23)24-2)10-21-8-7-16-14(11-21)9-19-17(20-16)13-3-5-15(22)6-4-13/h3-6,9,12,22H,7-8,10-11H2,1-2H3. The van der Waals surface area contributed by atoms with Gasteiger partial charge in [0.25, 0.3) is 0 Å². The lowest BCUT2D eigenvalue weighted by Crippen LogP contribution is -2.36. The number of aromatic nitrogens is 2. The highest BCUT2D eigenvalue weighted by Crippen LogP contribution is 2.23. The molecule has 0 fully saturated rings. The summed E-state index contributed by atoms with van der Waals surface area (Å²) >= 11 is 0. The lowest BCUT2D eigenvalue weighted by atomic mass is 10.0. The van der Waals surface area contributed by atoms with Gasteiger partial charge in [-0.25, -0.2) is 9.97 Å². The molecule has 0 saturated carbocycles. The van der Waals surface area contributed by atoms with E-state index in [0.29, 0.717) is 12.4 Å². The number of phenols is 1. The zero-order chi connectivity index (χ0) is 17.1. The number of esters is 1. The van der Waals surface area contributed by atoms with Crippen molar-refractivity contribution in [2.75, 3.05) is 20.2 Å². The molecular weight excluding hydrogens is 306 g/mol. The third-order valence-corrected chi connectivity index (χ3v) is 4.27. The van der Waals surface area contributed by atoms with Crippen LogP contribution in [0.25, 0.3) is 11.4 Å². The lowest BCUT2D eigenvalue weighted by molar-refractivity contribution is -0.145. The van der Waals surface area contributed by atoms with Gasteiger partial charge in [0.2, 0.25) is 0 Å². The van der Waals surface area contributed by atoms with Crippen LogP contribution < -0.4 is 0 Å². The molecule has 2 heterocycles. The molecule has 0 aliphatic carbocycles. The molecule has 126 valence electrons. The molecule has 0 amide bonds. The fourth-order valence-electron chi connectivity index (χ4n) is 2.94. The van der Waals surface area contributed by atoms with E-state index in [1.807, 2.05) is 25.3 Å². The number of rotatable bonds is 4. The average Bonchev–Trinajstić information content (AvgIpc) is 2.61. The normalized spacial score (nSPS) is 15.6. The molecule has 1 aliphatic heterocycles. The fourth-order valence-corrected chi connectivity index (χ4v) is 2.94. The molecule has 6 heteroatoms. The van der Waals surface area contributed by atoms with Crippen LogP contribution in [-0.4, -0.2) is 46.1 Å². The Bertz CT molecular complexity index is 731. The number of aromatic hydroxyl groups is 1. The highest BCUT2D eigenvalue weighted by molar-refractivity contribution is 5.72. The molecule has 1 N–H and O–H groups in total. The van der Waals surface area contributed by atoms with E-state index in [4.69, 9.17) is 4.74 Å². The zero-order valence-corrected chi connectivity index (χ0v) is 13.9. The molecule has 0 radical (unpaired) electrons. The highest BCUT2D eigenvalue weighted by atomic mass is 16.5. The van der Waals surface area contributed by atoms with Crippen LogP contribution in [0.5, 0.6) is 5.75 Å². The van der Waals surface area contributed by atoms with Gasteiger partial charge in [0.15, 0.2) is 5.82 Å². The lowest BCUT2D eigenvalue weighted by Gasteiger charge is -2.29. The maximum atomic E-state index is 11.6. The molecule has 1 aromatic carbocycles. The third-order valence-electron chi connectivity index (χ3n) is 4.27. The van der Waals surface area contributed by atoms with E-state index in [-0.39, 0.29) is 17.6 Å². The van der Waals surface area contributed by atoms with Crippen LogP contribution in [0, 0.1) is 5.92 Å². The van der Waals surface area contributed by atoms with Gasteiger partial charge in [-0.15, -0.1) is 0 Å². The maximum Gasteiger partial charge on any atom is 0.309 e. The Balaban J connectivity index is 1.72. The summed E-state index contributed by atoms with van der Waals surface area (Å²) in [5.41, 5.74) is 3.04. The summed E-state index contributed by atoms with van der Waals surface area (Å²) < 4.78 is 4.79. The van der Waals surface area contributed by atoms with Gasteiger partial charge in [-0.1, -0.05) is 6.92 Å². The Morgan fingerprint density at radius 3 is 2.83 bits per heavy atom. The SMILES string of the molecule is COC(=O)C(C)CN1CCc2nc(-c3ccc(O)cc3)ncc2C1. The van der Waals surface area contributed by atoms with Gasteiger partial charge in [0.05, 0.1) is 18.7 Å². The van der Waals surface area contributed by atoms with E-state index in [9.17, 15) is 9.90 Å². The number of ether oxygens (including phenoxy) is 1. The van der Waals surface area contributed by atoms with Crippen molar-refractivity contribution in [3.8, 4) is 17.1 Å². The summed E-state index contributed by atoms with van der Waals surface area (Å²) in [6, 6.07) is 6.89. The van der Waals surface area contributed by atoms with Crippen molar-refractivity contribution in [1.29, 1.82) is 0 Å². The highest BCUT2D eigenvalue weighted by Gasteiger charge is 2.23. The van der Waals surface area contributed by atoms with Crippen molar-refractivity contribution in [3.05, 3.63) is 41.7 Å². The second-order valence-electron chi connectivity index (χ2n) is 6.12. The van der Waals surface area contributed by atoms with Crippen molar-refractivity contribution >= 4 is 5.97 Å². The van der Waals surface area contributed by atoms with Gasteiger partial charge >= 0.3 is 5.97 Å². The first-order valence-electron chi connectivity index (χ1n) is 8.01. The molecule has 1 aromatic heterocycles. The summed E-state index contributed by atoms with van der Waals surface area (Å²) in [5, 5.41) is 9.37. The van der Waals surface area contributed by atoms with Gasteiger partial charge in [-0.05, 0) is 24.3 Å². The van der Waals surface area contributed by atoms with Crippen molar-refractivity contribution in [3.63, 3.8) is 0 Å². The van der Waals surface area contributed by atoms with E-state index in [0.717, 1.165) is 36.3 Å². The van der Waals surface area contributed by atoms with E-state index in [1.54, 1.807) is 12.1 Å². The van der Waals surface area contributed by atoms with Gasteiger partial charge in [0.1, 0.15) is 5.75 Å². The van der Waals surface area contributed by atoms with Gasteiger partial charge in [0, 0.05) is 43.4 Å². The minimum Gasteiger partial charge on any atom is -0.508 e. The second-order valence-corrected chi connectivity index (χ2v) is 6.12. The molecule has 24 heavy (non-hydrogen) atoms. The summed E-state index contributed by atoms with van der Waals surface area (Å²) in [7, 11) is 1.42. The van der Waals surface area contributed by atoms with E-state index in [1.165, 1.54) is 7.11 Å². The first-order valence-corrected chi connectivity index (χ1v) is 8.01. The van der Waals surface area contributed by atoms with Crippen molar-refractivity contribution in [1.82, 2.24) is 14.9 Å². The van der Waals surface area contributed by atoms with E-state index >= 15 is 0 Å². The maximum absolute atomic E-state index is 11.6. The Morgan fingerprint density at radius 1 is 1.38 bits per heavy atom. The molecule has 3 rings (SSSR count). The van der Waals surface area contributed by atoms with Crippen LogP contribution >= 0.6 is 0 Å². The molecule has 1 atom stereocenters. The molecule has 0 spiro atoms. The van der Waals surface area contributed by atoms with E-state index in [2.05, 4.69) is 14.9 Å². The smallest absolute Gasteiger partial charge is 0.309 e. The minimum absolute atomic E-state index is 0.145. The number of fused-ring (bicyclic) bond motifs is 1. The number of benzene rings is 1. The first kappa shape index (κ1) is 16.4. The van der Waals surface area contributed by atoms with Gasteiger partial charge in [-0.3, -0.25) is 9.69 Å². The molecule has 1 aliphatic rings. The van der Waals surface area contributed by atoms with Crippen LogP contribution in [0.1, 0.15) is 18.2 Å². The van der Waals surface area contributed by atoms with Crippen LogP contribution in [0.2, 0.25) is 0 Å². The topological polar surface area (TPSA) is 75.5 Å². The van der Waals surface area contributed by atoms with Crippen molar-refractivity contribution in [2.45, 2.75) is 19.9 Å². The molecule has 1 unspecified atom stereocenters. The minimum atomic E-state index is -0.181. The molecule has 2 aromatic rings. The largest absolute Gasteiger partial charge is 0.508 e. The third kappa shape index (κ3) is 3.54. The molecule has 0 bridgehead atoms. The molecule has 0 saturated heterocycles. The number of phenolic OH excluding ortho intramolecular Hbond substituents is 1. The Kier molecular flexibility index (Phi) is 4.76. The Morgan fingerprint density at radius 2 is 2.12 bits per heavy atom. The predicted molar refractivity (Wildman–Crippen MR) is 89.3 cm³/mol. The van der Waals surface area contributed by atoms with Crippen LogP contribution in [0.4, 0.5) is 0 Å². The van der Waals surface area contributed by atoms with E-state index < -0.39 is 0 Å². The number of carbonyl (C=O) groups is 1. The van der Waals surface area contributed by atoms with Crippen molar-refractivity contribution < 1.29 is 14.6 Å². The summed E-state index contributed by atoms with van der Waals surface area (Å²) in [6.45, 7) is 4.16. The number of carbonyl (C=O) groups excluding carboxylic acids is 1. The fraction of sp³-hybridized carbons (Fsp3) is 0.389. The average molecular weight is 327 g/mol. The zero-order valence-electron chi connectivity index (χ0n) is 13.9. The molecule has 6 nitrogen and oxygen atoms in total. The quantitative estimate of drug-likeness (QED) is 0.866. The first-order chi connectivity index (χ1) is 11.6. The Hall–Kier alpha value is -2.47. The number of nitrogens with zero attached hydrogens (tertiary/aromatic N) is 3. The molecular formula is C18H21N3O3. The summed E-state index contributed by atoms with van der Waals surface area (Å²) in [4.78, 5) is 22.9. The Labute approximate surface area is 141 Å². The summed E-state index contributed by atoms with van der Waals surface area (Å²) in [5.74, 6) is 0.575. The number of hydrogen-bond donors (Lipinski definition) is 1. The predicted octanol–water partition coefficient (Wildman–Crippen LogP) is 2.02.